The number of nitrogens with one attached hydrogen (secondary N) is 1. The van der Waals surface area contributed by atoms with Gasteiger partial charge in [-0.25, -0.2) is 4.98 Å². The number of rotatable bonds is 4. The Morgan fingerprint density at radius 2 is 2.00 bits per heavy atom. The number of aromatic nitrogens is 2. The van der Waals surface area contributed by atoms with Gasteiger partial charge in [-0.15, -0.1) is 11.3 Å². The van der Waals surface area contributed by atoms with Crippen LogP contribution in [0.15, 0.2) is 46.4 Å². The third-order valence-electron chi connectivity index (χ3n) is 5.23. The number of thiazole rings is 1. The molecule has 1 unspecified atom stereocenters. The van der Waals surface area contributed by atoms with Crippen LogP contribution in [0.3, 0.4) is 0 Å². The lowest BCUT2D eigenvalue weighted by Gasteiger charge is -2.23. The van der Waals surface area contributed by atoms with Crippen molar-refractivity contribution < 1.29 is 9.59 Å². The zero-order valence-electron chi connectivity index (χ0n) is 16.2. The third kappa shape index (κ3) is 3.86. The maximum Gasteiger partial charge on any atom is 0.256 e. The van der Waals surface area contributed by atoms with Crippen molar-refractivity contribution in [2.75, 3.05) is 11.9 Å². The van der Waals surface area contributed by atoms with E-state index in [-0.39, 0.29) is 11.8 Å². The highest BCUT2D eigenvalue weighted by atomic mass is 79.9. The average Bonchev–Trinajstić information content (AvgIpc) is 3.43. The van der Waals surface area contributed by atoms with Gasteiger partial charge < -0.3 is 14.8 Å². The number of carbonyl (C=O) groups excluding carboxylic acids is 2. The van der Waals surface area contributed by atoms with E-state index in [1.165, 1.54) is 11.3 Å². The van der Waals surface area contributed by atoms with Crippen molar-refractivity contribution in [2.24, 2.45) is 0 Å². The molecule has 1 fully saturated rings. The Hall–Kier alpha value is -2.45. The zero-order chi connectivity index (χ0) is 20.5. The predicted octanol–water partition coefficient (Wildman–Crippen LogP) is 4.56. The van der Waals surface area contributed by atoms with Gasteiger partial charge in [-0.3, -0.25) is 9.59 Å². The number of hydrogen-bond acceptors (Lipinski definition) is 4. The quantitative estimate of drug-likeness (QED) is 0.605. The molecule has 0 radical (unpaired) electrons. The highest BCUT2D eigenvalue weighted by Gasteiger charge is 2.36. The van der Waals surface area contributed by atoms with Gasteiger partial charge in [-0.05, 0) is 57.0 Å². The lowest BCUT2D eigenvalue weighted by molar-refractivity contribution is -0.119. The van der Waals surface area contributed by atoms with E-state index >= 15 is 0 Å². The smallest absolute Gasteiger partial charge is 0.256 e. The van der Waals surface area contributed by atoms with Gasteiger partial charge in [-0.1, -0.05) is 15.9 Å². The number of hydrogen-bond donors (Lipinski definition) is 1. The lowest BCUT2D eigenvalue weighted by atomic mass is 10.1. The van der Waals surface area contributed by atoms with Crippen LogP contribution in [0.5, 0.6) is 0 Å². The maximum atomic E-state index is 13.3. The van der Waals surface area contributed by atoms with Gasteiger partial charge in [0, 0.05) is 39.7 Å². The van der Waals surface area contributed by atoms with Crippen molar-refractivity contribution in [2.45, 2.75) is 32.7 Å². The second-order valence-electron chi connectivity index (χ2n) is 7.08. The number of aryl methyl sites for hydroxylation is 1. The van der Waals surface area contributed by atoms with E-state index in [1.54, 1.807) is 11.1 Å². The standard InChI is InChI=1S/C21H21BrN4O2S/c1-13-12-17(14(2)26(13)16-7-5-15(22)6-8-16)20(28)25-10-3-4-18(25)19(27)24-21-23-9-11-29-21/h5-9,11-12,18H,3-4,10H2,1-2H3,(H,23,24,27). The van der Waals surface area contributed by atoms with Gasteiger partial charge in [0.05, 0.1) is 5.56 Å². The van der Waals surface area contributed by atoms with Gasteiger partial charge >= 0.3 is 0 Å². The zero-order valence-corrected chi connectivity index (χ0v) is 18.6. The number of likely N-dealkylation sites (tertiary alicyclic amines) is 1. The van der Waals surface area contributed by atoms with Crippen LogP contribution in [0.4, 0.5) is 5.13 Å². The summed E-state index contributed by atoms with van der Waals surface area (Å²) in [4.78, 5) is 31.9. The normalized spacial score (nSPS) is 16.2. The first-order valence-electron chi connectivity index (χ1n) is 9.42. The molecular weight excluding hydrogens is 452 g/mol. The average molecular weight is 473 g/mol. The minimum atomic E-state index is -0.470. The summed E-state index contributed by atoms with van der Waals surface area (Å²) in [5.41, 5.74) is 3.50. The Bertz CT molecular complexity index is 1040. The number of carbonyl (C=O) groups is 2. The van der Waals surface area contributed by atoms with Crippen molar-refractivity contribution >= 4 is 44.2 Å². The Kier molecular flexibility index (Phi) is 5.56. The molecule has 2 amide bonds. The Morgan fingerprint density at radius 1 is 1.24 bits per heavy atom. The largest absolute Gasteiger partial charge is 0.327 e. The molecule has 8 heteroatoms. The molecule has 3 heterocycles. The summed E-state index contributed by atoms with van der Waals surface area (Å²) in [5.74, 6) is -0.272. The van der Waals surface area contributed by atoms with Crippen molar-refractivity contribution in [3.63, 3.8) is 0 Å². The molecule has 2 aromatic heterocycles. The van der Waals surface area contributed by atoms with Crippen LogP contribution in [0.1, 0.15) is 34.6 Å². The van der Waals surface area contributed by atoms with E-state index in [0.29, 0.717) is 23.7 Å². The number of halogens is 1. The molecule has 1 aliphatic rings. The third-order valence-corrected chi connectivity index (χ3v) is 6.44. The van der Waals surface area contributed by atoms with E-state index in [2.05, 4.69) is 30.8 Å². The van der Waals surface area contributed by atoms with Gasteiger partial charge in [0.1, 0.15) is 6.04 Å². The van der Waals surface area contributed by atoms with Crippen LogP contribution in [0, 0.1) is 13.8 Å². The van der Waals surface area contributed by atoms with E-state index < -0.39 is 6.04 Å². The van der Waals surface area contributed by atoms with E-state index in [0.717, 1.165) is 28.0 Å². The van der Waals surface area contributed by atoms with Crippen LogP contribution < -0.4 is 5.32 Å². The molecule has 0 saturated carbocycles. The van der Waals surface area contributed by atoms with Gasteiger partial charge in [0.25, 0.3) is 5.91 Å². The summed E-state index contributed by atoms with van der Waals surface area (Å²) >= 11 is 4.83. The van der Waals surface area contributed by atoms with Crippen LogP contribution in [-0.2, 0) is 4.79 Å². The first-order chi connectivity index (χ1) is 14.0. The highest BCUT2D eigenvalue weighted by Crippen LogP contribution is 2.27. The molecule has 0 bridgehead atoms. The predicted molar refractivity (Wildman–Crippen MR) is 118 cm³/mol. The summed E-state index contributed by atoms with van der Waals surface area (Å²) in [6.45, 7) is 4.52. The molecule has 3 aromatic rings. The van der Waals surface area contributed by atoms with Crippen LogP contribution in [-0.4, -0.2) is 38.9 Å². The molecule has 1 saturated heterocycles. The second-order valence-corrected chi connectivity index (χ2v) is 8.89. The summed E-state index contributed by atoms with van der Waals surface area (Å²) in [5, 5.41) is 5.20. The Labute approximate surface area is 181 Å². The number of benzene rings is 1. The molecule has 1 N–H and O–H groups in total. The van der Waals surface area contributed by atoms with Crippen molar-refractivity contribution in [3.8, 4) is 5.69 Å². The lowest BCUT2D eigenvalue weighted by Crippen LogP contribution is -2.43. The minimum absolute atomic E-state index is 0.0988. The van der Waals surface area contributed by atoms with E-state index in [9.17, 15) is 9.59 Å². The molecule has 6 nitrogen and oxygen atoms in total. The van der Waals surface area contributed by atoms with Gasteiger partial charge in [0.2, 0.25) is 5.91 Å². The topological polar surface area (TPSA) is 67.2 Å². The Balaban J connectivity index is 1.59. The van der Waals surface area contributed by atoms with E-state index in [1.807, 2.05) is 49.6 Å². The van der Waals surface area contributed by atoms with E-state index in [4.69, 9.17) is 0 Å². The molecule has 29 heavy (non-hydrogen) atoms. The maximum absolute atomic E-state index is 13.3. The summed E-state index contributed by atoms with van der Waals surface area (Å²) in [6.07, 6.45) is 3.12. The number of amides is 2. The number of nitrogens with zero attached hydrogens (tertiary/aromatic N) is 3. The van der Waals surface area contributed by atoms with Gasteiger partial charge in [-0.2, -0.15) is 0 Å². The van der Waals surface area contributed by atoms with Crippen LogP contribution >= 0.6 is 27.3 Å². The highest BCUT2D eigenvalue weighted by molar-refractivity contribution is 9.10. The summed E-state index contributed by atoms with van der Waals surface area (Å²) in [7, 11) is 0. The van der Waals surface area contributed by atoms with Crippen molar-refractivity contribution in [1.82, 2.24) is 14.5 Å². The minimum Gasteiger partial charge on any atom is -0.327 e. The van der Waals surface area contributed by atoms with Gasteiger partial charge in [0.15, 0.2) is 5.13 Å². The molecule has 1 aromatic carbocycles. The fourth-order valence-corrected chi connectivity index (χ4v) is 4.67. The number of anilines is 1. The van der Waals surface area contributed by atoms with Crippen molar-refractivity contribution in [3.05, 3.63) is 63.3 Å². The molecule has 4 rings (SSSR count). The second kappa shape index (κ2) is 8.12. The summed E-state index contributed by atoms with van der Waals surface area (Å²) in [6, 6.07) is 9.43. The molecule has 0 aliphatic carbocycles. The first kappa shape index (κ1) is 19.8. The van der Waals surface area contributed by atoms with Crippen LogP contribution in [0.2, 0.25) is 0 Å². The molecule has 150 valence electrons. The molecular formula is C21H21BrN4O2S. The monoisotopic (exact) mass is 472 g/mol. The first-order valence-corrected chi connectivity index (χ1v) is 11.1. The fourth-order valence-electron chi connectivity index (χ4n) is 3.88. The van der Waals surface area contributed by atoms with Crippen LogP contribution in [0.25, 0.3) is 5.69 Å². The molecule has 1 aliphatic heterocycles. The SMILES string of the molecule is Cc1cc(C(=O)N2CCCC2C(=O)Nc2nccs2)c(C)n1-c1ccc(Br)cc1. The Morgan fingerprint density at radius 3 is 2.69 bits per heavy atom. The molecule has 1 atom stereocenters. The summed E-state index contributed by atoms with van der Waals surface area (Å²) < 4.78 is 3.08. The van der Waals surface area contributed by atoms with Crippen molar-refractivity contribution in [1.29, 1.82) is 0 Å². The molecule has 0 spiro atoms. The fraction of sp³-hybridized carbons (Fsp3) is 0.286.